The van der Waals surface area contributed by atoms with Gasteiger partial charge in [0.25, 0.3) is 5.91 Å². The van der Waals surface area contributed by atoms with E-state index < -0.39 is 5.91 Å². The van der Waals surface area contributed by atoms with Crippen molar-refractivity contribution in [1.82, 2.24) is 15.6 Å². The largest absolute Gasteiger partial charge is 0.496 e. The summed E-state index contributed by atoms with van der Waals surface area (Å²) in [6, 6.07) is 10.2. The molecule has 2 N–H and O–H groups in total. The van der Waals surface area contributed by atoms with Crippen LogP contribution in [-0.2, 0) is 4.79 Å². The quantitative estimate of drug-likeness (QED) is 0.840. The van der Waals surface area contributed by atoms with Crippen LogP contribution in [0.15, 0.2) is 42.6 Å². The van der Waals surface area contributed by atoms with Gasteiger partial charge in [0.1, 0.15) is 11.4 Å². The Morgan fingerprint density at radius 1 is 1.29 bits per heavy atom. The number of hydrogen-bond donors (Lipinski definition) is 2. The number of nitrogens with zero attached hydrogens (tertiary/aromatic N) is 1. The molecule has 24 heavy (non-hydrogen) atoms. The van der Waals surface area contributed by atoms with Gasteiger partial charge in [0.05, 0.1) is 19.7 Å². The predicted molar refractivity (Wildman–Crippen MR) is 91.1 cm³/mol. The van der Waals surface area contributed by atoms with Gasteiger partial charge in [0, 0.05) is 16.8 Å². The van der Waals surface area contributed by atoms with Crippen LogP contribution >= 0.6 is 11.6 Å². The molecular formula is C17H18ClN3O3. The number of hydrogen-bond acceptors (Lipinski definition) is 4. The topological polar surface area (TPSA) is 80.3 Å². The number of aromatic nitrogens is 1. The van der Waals surface area contributed by atoms with Gasteiger partial charge < -0.3 is 15.4 Å². The van der Waals surface area contributed by atoms with Crippen LogP contribution in [0.4, 0.5) is 0 Å². The zero-order chi connectivity index (χ0) is 17.5. The molecule has 1 aromatic carbocycles. The van der Waals surface area contributed by atoms with Gasteiger partial charge in [0.2, 0.25) is 5.91 Å². The fraction of sp³-hybridized carbons (Fsp3) is 0.235. The van der Waals surface area contributed by atoms with E-state index in [9.17, 15) is 9.59 Å². The highest BCUT2D eigenvalue weighted by molar-refractivity contribution is 6.30. The van der Waals surface area contributed by atoms with Crippen molar-refractivity contribution in [3.63, 3.8) is 0 Å². The molecule has 1 aromatic heterocycles. The minimum Gasteiger partial charge on any atom is -0.496 e. The number of pyridine rings is 1. The normalized spacial score (nSPS) is 11.5. The molecule has 1 heterocycles. The standard InChI is InChI=1S/C17H18ClN3O3/c1-11(13-5-3-4-6-15(13)24-2)21-16(22)10-20-17(23)14-9-12(18)7-8-19-14/h3-9,11H,10H2,1-2H3,(H,20,23)(H,21,22). The number of halogens is 1. The predicted octanol–water partition coefficient (Wildman–Crippen LogP) is 2.35. The Balaban J connectivity index is 1.90. The lowest BCUT2D eigenvalue weighted by Gasteiger charge is -2.17. The fourth-order valence-corrected chi connectivity index (χ4v) is 2.33. The summed E-state index contributed by atoms with van der Waals surface area (Å²) in [6.07, 6.45) is 1.43. The third-order valence-electron chi connectivity index (χ3n) is 3.35. The molecule has 0 aliphatic rings. The molecule has 2 amide bonds. The zero-order valence-corrected chi connectivity index (χ0v) is 14.1. The van der Waals surface area contributed by atoms with Gasteiger partial charge in [-0.1, -0.05) is 29.8 Å². The van der Waals surface area contributed by atoms with Crippen LogP contribution < -0.4 is 15.4 Å². The van der Waals surface area contributed by atoms with E-state index in [0.29, 0.717) is 10.8 Å². The molecule has 0 saturated carbocycles. The molecular weight excluding hydrogens is 330 g/mol. The van der Waals surface area contributed by atoms with Crippen molar-refractivity contribution < 1.29 is 14.3 Å². The van der Waals surface area contributed by atoms with E-state index in [2.05, 4.69) is 15.6 Å². The van der Waals surface area contributed by atoms with Crippen molar-refractivity contribution in [3.05, 3.63) is 58.9 Å². The smallest absolute Gasteiger partial charge is 0.270 e. The third-order valence-corrected chi connectivity index (χ3v) is 3.58. The molecule has 1 unspecified atom stereocenters. The van der Waals surface area contributed by atoms with Crippen molar-refractivity contribution >= 4 is 23.4 Å². The van der Waals surface area contributed by atoms with Gasteiger partial charge in [-0.3, -0.25) is 14.6 Å². The molecule has 2 rings (SSSR count). The first-order valence-corrected chi connectivity index (χ1v) is 7.71. The first-order chi connectivity index (χ1) is 11.5. The lowest BCUT2D eigenvalue weighted by molar-refractivity contribution is -0.120. The second-order valence-electron chi connectivity index (χ2n) is 5.07. The number of nitrogens with one attached hydrogen (secondary N) is 2. The van der Waals surface area contributed by atoms with Crippen LogP contribution in [0.25, 0.3) is 0 Å². The Morgan fingerprint density at radius 3 is 2.75 bits per heavy atom. The summed E-state index contributed by atoms with van der Waals surface area (Å²) in [5.74, 6) is -0.0844. The van der Waals surface area contributed by atoms with Crippen LogP contribution in [0, 0.1) is 0 Å². The number of carbonyl (C=O) groups is 2. The van der Waals surface area contributed by atoms with Crippen LogP contribution in [0.5, 0.6) is 5.75 Å². The molecule has 0 bridgehead atoms. The number of para-hydroxylation sites is 1. The maximum atomic E-state index is 12.0. The maximum absolute atomic E-state index is 12.0. The molecule has 7 heteroatoms. The zero-order valence-electron chi connectivity index (χ0n) is 13.4. The monoisotopic (exact) mass is 347 g/mol. The van der Waals surface area contributed by atoms with Crippen molar-refractivity contribution in [2.75, 3.05) is 13.7 Å². The van der Waals surface area contributed by atoms with E-state index in [1.807, 2.05) is 31.2 Å². The van der Waals surface area contributed by atoms with Crippen molar-refractivity contribution in [1.29, 1.82) is 0 Å². The molecule has 2 aromatic rings. The van der Waals surface area contributed by atoms with Gasteiger partial charge in [0.15, 0.2) is 0 Å². The molecule has 0 aliphatic heterocycles. The number of benzene rings is 1. The first kappa shape index (κ1) is 17.7. The number of rotatable bonds is 6. The summed E-state index contributed by atoms with van der Waals surface area (Å²) in [5, 5.41) is 5.72. The summed E-state index contributed by atoms with van der Waals surface area (Å²) in [7, 11) is 1.57. The average Bonchev–Trinajstić information content (AvgIpc) is 2.59. The number of carbonyl (C=O) groups excluding carboxylic acids is 2. The summed E-state index contributed by atoms with van der Waals surface area (Å²) in [4.78, 5) is 27.8. The van der Waals surface area contributed by atoms with Gasteiger partial charge in [-0.05, 0) is 25.1 Å². The van der Waals surface area contributed by atoms with E-state index >= 15 is 0 Å². The molecule has 0 fully saturated rings. The van der Waals surface area contributed by atoms with Gasteiger partial charge in [-0.25, -0.2) is 0 Å². The Kier molecular flexibility index (Phi) is 6.14. The van der Waals surface area contributed by atoms with Crippen molar-refractivity contribution in [2.24, 2.45) is 0 Å². The first-order valence-electron chi connectivity index (χ1n) is 7.33. The average molecular weight is 348 g/mol. The Labute approximate surface area is 145 Å². The molecule has 0 spiro atoms. The highest BCUT2D eigenvalue weighted by Crippen LogP contribution is 2.24. The minimum absolute atomic E-state index is 0.160. The van der Waals surface area contributed by atoms with Crippen LogP contribution in [0.2, 0.25) is 5.02 Å². The van der Waals surface area contributed by atoms with Gasteiger partial charge in [-0.15, -0.1) is 0 Å². The van der Waals surface area contributed by atoms with E-state index in [1.54, 1.807) is 13.2 Å². The molecule has 0 aliphatic carbocycles. The number of ether oxygens (including phenoxy) is 1. The number of amides is 2. The van der Waals surface area contributed by atoms with Gasteiger partial charge in [-0.2, -0.15) is 0 Å². The molecule has 0 radical (unpaired) electrons. The van der Waals surface area contributed by atoms with Crippen LogP contribution in [0.3, 0.4) is 0 Å². The van der Waals surface area contributed by atoms with Crippen molar-refractivity contribution in [3.8, 4) is 5.75 Å². The Morgan fingerprint density at radius 2 is 2.04 bits per heavy atom. The van der Waals surface area contributed by atoms with Gasteiger partial charge >= 0.3 is 0 Å². The Hall–Kier alpha value is -2.60. The Bertz CT molecular complexity index is 737. The van der Waals surface area contributed by atoms with E-state index in [-0.39, 0.29) is 24.2 Å². The SMILES string of the molecule is COc1ccccc1C(C)NC(=O)CNC(=O)c1cc(Cl)ccn1. The third kappa shape index (κ3) is 4.70. The molecule has 0 saturated heterocycles. The number of methoxy groups -OCH3 is 1. The van der Waals surface area contributed by atoms with Crippen molar-refractivity contribution in [2.45, 2.75) is 13.0 Å². The lowest BCUT2D eigenvalue weighted by atomic mass is 10.1. The minimum atomic E-state index is -0.461. The van der Waals surface area contributed by atoms with E-state index in [1.165, 1.54) is 12.3 Å². The summed E-state index contributed by atoms with van der Waals surface area (Å²) >= 11 is 5.81. The fourth-order valence-electron chi connectivity index (χ4n) is 2.17. The lowest BCUT2D eigenvalue weighted by Crippen LogP contribution is -2.38. The summed E-state index contributed by atoms with van der Waals surface area (Å²) in [5.41, 5.74) is 1.02. The second kappa shape index (κ2) is 8.31. The second-order valence-corrected chi connectivity index (χ2v) is 5.51. The molecule has 6 nitrogen and oxygen atoms in total. The van der Waals surface area contributed by atoms with Crippen LogP contribution in [0.1, 0.15) is 29.0 Å². The van der Waals surface area contributed by atoms with E-state index in [0.717, 1.165) is 5.56 Å². The molecule has 1 atom stereocenters. The highest BCUT2D eigenvalue weighted by Gasteiger charge is 2.15. The van der Waals surface area contributed by atoms with E-state index in [4.69, 9.17) is 16.3 Å². The highest BCUT2D eigenvalue weighted by atomic mass is 35.5. The maximum Gasteiger partial charge on any atom is 0.270 e. The summed E-state index contributed by atoms with van der Waals surface area (Å²) < 4.78 is 5.27. The molecule has 126 valence electrons. The summed E-state index contributed by atoms with van der Waals surface area (Å²) in [6.45, 7) is 1.68. The van der Waals surface area contributed by atoms with Crippen LogP contribution in [-0.4, -0.2) is 30.5 Å².